The van der Waals surface area contributed by atoms with Gasteiger partial charge in [0.05, 0.1) is 0 Å². The Kier molecular flexibility index (Phi) is 6.72. The van der Waals surface area contributed by atoms with E-state index in [0.717, 1.165) is 18.1 Å². The number of aliphatic carboxylic acids is 1. The molecular weight excluding hydrogens is 399 g/mol. The van der Waals surface area contributed by atoms with E-state index in [0.29, 0.717) is 0 Å². The highest BCUT2D eigenvalue weighted by Gasteiger charge is 2.15. The van der Waals surface area contributed by atoms with E-state index < -0.39 is 13.9 Å². The second kappa shape index (κ2) is 10.0. The molecule has 0 aromatic heterocycles. The smallest absolute Gasteiger partial charge is 0.328 e. The fourth-order valence-electron chi connectivity index (χ4n) is 3.51. The minimum absolute atomic E-state index is 0.587. The van der Waals surface area contributed by atoms with Gasteiger partial charge in [0.1, 0.15) is 0 Å². The van der Waals surface area contributed by atoms with E-state index in [1.165, 1.54) is 27.0 Å². The van der Waals surface area contributed by atoms with Gasteiger partial charge in [-0.25, -0.2) is 4.79 Å². The molecule has 0 spiro atoms. The van der Waals surface area contributed by atoms with Gasteiger partial charge < -0.3 is 5.11 Å². The number of benzene rings is 4. The number of hydrogen-bond donors (Lipinski definition) is 1. The summed E-state index contributed by atoms with van der Waals surface area (Å²) in [6.45, 7) is 0. The molecule has 0 aliphatic heterocycles. The highest BCUT2D eigenvalue weighted by Crippen LogP contribution is 2.32. The molecule has 4 aromatic carbocycles. The molecule has 0 saturated carbocycles. The van der Waals surface area contributed by atoms with Crippen molar-refractivity contribution in [3.8, 4) is 0 Å². The minimum atomic E-state index is -0.935. The van der Waals surface area contributed by atoms with Gasteiger partial charge >= 0.3 is 5.97 Å². The molecular formula is C28H23O2P. The molecule has 0 fully saturated rings. The summed E-state index contributed by atoms with van der Waals surface area (Å²) < 4.78 is 0. The Balaban J connectivity index is 1.54. The third-order valence-corrected chi connectivity index (χ3v) is 7.47. The van der Waals surface area contributed by atoms with E-state index in [9.17, 15) is 4.79 Å². The maximum absolute atomic E-state index is 10.7. The zero-order valence-corrected chi connectivity index (χ0v) is 18.0. The van der Waals surface area contributed by atoms with Crippen LogP contribution in [0.4, 0.5) is 0 Å². The van der Waals surface area contributed by atoms with Crippen LogP contribution in [0.2, 0.25) is 0 Å². The molecule has 0 aliphatic rings. The van der Waals surface area contributed by atoms with Gasteiger partial charge in [0, 0.05) is 6.08 Å². The summed E-state index contributed by atoms with van der Waals surface area (Å²) in [5, 5.41) is 12.8. The summed E-state index contributed by atoms with van der Waals surface area (Å²) in [6.07, 6.45) is 3.61. The Morgan fingerprint density at radius 2 is 1.10 bits per heavy atom. The van der Waals surface area contributed by atoms with Crippen LogP contribution in [0.15, 0.2) is 115 Å². The lowest BCUT2D eigenvalue weighted by Crippen LogP contribution is -2.20. The number of carbonyl (C=O) groups is 1. The van der Waals surface area contributed by atoms with Crippen molar-refractivity contribution in [3.05, 3.63) is 132 Å². The van der Waals surface area contributed by atoms with Gasteiger partial charge in [0.15, 0.2) is 0 Å². The van der Waals surface area contributed by atoms with Gasteiger partial charge in [-0.2, -0.15) is 0 Å². The largest absolute Gasteiger partial charge is 0.478 e. The van der Waals surface area contributed by atoms with Crippen molar-refractivity contribution >= 4 is 35.9 Å². The topological polar surface area (TPSA) is 37.3 Å². The lowest BCUT2D eigenvalue weighted by atomic mass is 10.0. The third-order valence-electron chi connectivity index (χ3n) is 5.03. The van der Waals surface area contributed by atoms with Gasteiger partial charge in [0.25, 0.3) is 0 Å². The average Bonchev–Trinajstić information content (AvgIpc) is 2.81. The number of rotatable bonds is 7. The van der Waals surface area contributed by atoms with Crippen LogP contribution in [0.25, 0.3) is 6.08 Å². The second-order valence-corrected chi connectivity index (χ2v) is 9.48. The van der Waals surface area contributed by atoms with Crippen molar-refractivity contribution in [1.82, 2.24) is 0 Å². The highest BCUT2D eigenvalue weighted by molar-refractivity contribution is 7.79. The van der Waals surface area contributed by atoms with Crippen molar-refractivity contribution in [2.24, 2.45) is 0 Å². The summed E-state index contributed by atoms with van der Waals surface area (Å²) in [7, 11) is -0.587. The molecule has 0 bridgehead atoms. The molecule has 4 rings (SSSR count). The Hall–Kier alpha value is -3.48. The van der Waals surface area contributed by atoms with Crippen LogP contribution in [0.3, 0.4) is 0 Å². The molecule has 1 N–H and O–H groups in total. The van der Waals surface area contributed by atoms with Gasteiger partial charge in [-0.3, -0.25) is 0 Å². The van der Waals surface area contributed by atoms with Gasteiger partial charge in [-0.1, -0.05) is 109 Å². The van der Waals surface area contributed by atoms with E-state index in [-0.39, 0.29) is 0 Å². The number of carboxylic acids is 1. The monoisotopic (exact) mass is 422 g/mol. The quantitative estimate of drug-likeness (QED) is 0.331. The van der Waals surface area contributed by atoms with Crippen LogP contribution in [0.1, 0.15) is 16.7 Å². The summed E-state index contributed by atoms with van der Waals surface area (Å²) in [4.78, 5) is 10.7. The Morgan fingerprint density at radius 3 is 1.58 bits per heavy atom. The summed E-state index contributed by atoms with van der Waals surface area (Å²) in [5.41, 5.74) is 3.35. The Bertz CT molecular complexity index is 1110. The first-order valence-electron chi connectivity index (χ1n) is 10.2. The molecule has 0 saturated heterocycles. The second-order valence-electron chi connectivity index (χ2n) is 7.26. The molecule has 0 unspecified atom stereocenters. The maximum atomic E-state index is 10.7. The fourth-order valence-corrected chi connectivity index (χ4v) is 5.80. The average molecular weight is 422 g/mol. The third kappa shape index (κ3) is 5.57. The standard InChI is InChI=1S/C28H23O2P/c29-28(30)20-17-22-11-13-23(14-12-22)21-24-15-18-27(19-16-24)31(25-7-3-1-4-8-25)26-9-5-2-6-10-26/h1-20H,21H2,(H,29,30)/b20-17+. The minimum Gasteiger partial charge on any atom is -0.478 e. The highest BCUT2D eigenvalue weighted by atomic mass is 31.1. The first-order chi connectivity index (χ1) is 15.2. The first kappa shape index (κ1) is 20.8. The van der Waals surface area contributed by atoms with Crippen molar-refractivity contribution in [2.45, 2.75) is 6.42 Å². The lowest BCUT2D eigenvalue weighted by molar-refractivity contribution is -0.131. The molecule has 0 radical (unpaired) electrons. The predicted octanol–water partition coefficient (Wildman–Crippen LogP) is 5.13. The molecule has 3 heteroatoms. The van der Waals surface area contributed by atoms with E-state index in [1.54, 1.807) is 6.08 Å². The van der Waals surface area contributed by atoms with Crippen molar-refractivity contribution in [2.75, 3.05) is 0 Å². The van der Waals surface area contributed by atoms with E-state index in [2.05, 4.69) is 97.1 Å². The zero-order chi connectivity index (χ0) is 21.5. The van der Waals surface area contributed by atoms with E-state index >= 15 is 0 Å². The molecule has 31 heavy (non-hydrogen) atoms. The van der Waals surface area contributed by atoms with Gasteiger partial charge in [-0.15, -0.1) is 0 Å². The molecule has 2 nitrogen and oxygen atoms in total. The molecule has 0 atom stereocenters. The van der Waals surface area contributed by atoms with Crippen molar-refractivity contribution in [3.63, 3.8) is 0 Å². The number of carboxylic acid groups (broad SMARTS) is 1. The van der Waals surface area contributed by atoms with E-state index in [1.807, 2.05) is 12.1 Å². The van der Waals surface area contributed by atoms with Crippen LogP contribution in [0.5, 0.6) is 0 Å². The zero-order valence-electron chi connectivity index (χ0n) is 17.1. The maximum Gasteiger partial charge on any atom is 0.328 e. The lowest BCUT2D eigenvalue weighted by Gasteiger charge is -2.19. The first-order valence-corrected chi connectivity index (χ1v) is 11.5. The molecule has 4 aromatic rings. The summed E-state index contributed by atoms with van der Waals surface area (Å²) >= 11 is 0. The van der Waals surface area contributed by atoms with Crippen LogP contribution in [-0.2, 0) is 11.2 Å². The summed E-state index contributed by atoms with van der Waals surface area (Å²) in [5.74, 6) is -0.935. The molecule has 152 valence electrons. The van der Waals surface area contributed by atoms with Crippen molar-refractivity contribution in [1.29, 1.82) is 0 Å². The molecule has 0 aliphatic carbocycles. The van der Waals surface area contributed by atoms with Crippen LogP contribution >= 0.6 is 7.92 Å². The van der Waals surface area contributed by atoms with Crippen LogP contribution in [-0.4, -0.2) is 11.1 Å². The Morgan fingerprint density at radius 1 is 0.645 bits per heavy atom. The number of hydrogen-bond acceptors (Lipinski definition) is 1. The van der Waals surface area contributed by atoms with Gasteiger partial charge in [0.2, 0.25) is 0 Å². The van der Waals surface area contributed by atoms with Crippen LogP contribution < -0.4 is 15.9 Å². The Labute approximate surface area is 184 Å². The summed E-state index contributed by atoms with van der Waals surface area (Å²) in [6, 6.07) is 38.4. The molecule has 0 heterocycles. The molecule has 0 amide bonds. The SMILES string of the molecule is O=C(O)/C=C/c1ccc(Cc2ccc(P(c3ccccc3)c3ccccc3)cc2)cc1. The van der Waals surface area contributed by atoms with Crippen molar-refractivity contribution < 1.29 is 9.90 Å². The van der Waals surface area contributed by atoms with Crippen LogP contribution in [0, 0.1) is 0 Å². The normalized spacial score (nSPS) is 11.1. The van der Waals surface area contributed by atoms with Gasteiger partial charge in [-0.05, 0) is 53.0 Å². The predicted molar refractivity (Wildman–Crippen MR) is 131 cm³/mol. The fraction of sp³-hybridized carbons (Fsp3) is 0.0357. The van der Waals surface area contributed by atoms with E-state index in [4.69, 9.17) is 5.11 Å².